The van der Waals surface area contributed by atoms with Crippen LogP contribution in [0.5, 0.6) is 0 Å². The van der Waals surface area contributed by atoms with Crippen LogP contribution < -0.4 is 5.73 Å². The Morgan fingerprint density at radius 2 is 2.00 bits per heavy atom. The number of rotatable bonds is 7. The van der Waals surface area contributed by atoms with Crippen molar-refractivity contribution in [3.63, 3.8) is 0 Å². The fraction of sp³-hybridized carbons (Fsp3) is 0.800. The number of amides is 2. The lowest BCUT2D eigenvalue weighted by molar-refractivity contribution is 0.217. The molecule has 0 saturated carbocycles. The summed E-state index contributed by atoms with van der Waals surface area (Å²) < 4.78 is 0. The third kappa shape index (κ3) is 6.43. The van der Waals surface area contributed by atoms with Crippen molar-refractivity contribution >= 4 is 6.03 Å². The Bertz CT molecular complexity index is 137. The lowest BCUT2D eigenvalue weighted by Gasteiger charge is -2.18. The standard InChI is InChI=1S/C10H21N2O/c1-3-5-6-7-9-12(8-4-2)10(11)13/h9H,3-8H2,1-2H3,(H2,11,13). The van der Waals surface area contributed by atoms with Crippen LogP contribution >= 0.6 is 0 Å². The normalized spacial score (nSPS) is 10.0. The molecule has 0 aliphatic heterocycles. The van der Waals surface area contributed by atoms with E-state index in [1.54, 1.807) is 4.90 Å². The fourth-order valence-corrected chi connectivity index (χ4v) is 1.17. The fourth-order valence-electron chi connectivity index (χ4n) is 1.17. The molecule has 0 unspecified atom stereocenters. The first kappa shape index (κ1) is 12.3. The highest BCUT2D eigenvalue weighted by atomic mass is 16.2. The summed E-state index contributed by atoms with van der Waals surface area (Å²) in [7, 11) is 0. The quantitative estimate of drug-likeness (QED) is 0.609. The Hall–Kier alpha value is -0.730. The molecule has 0 bridgehead atoms. The van der Waals surface area contributed by atoms with Gasteiger partial charge in [0.05, 0.1) is 6.54 Å². The molecule has 0 aromatic rings. The van der Waals surface area contributed by atoms with Crippen molar-refractivity contribution in [2.75, 3.05) is 6.54 Å². The van der Waals surface area contributed by atoms with Gasteiger partial charge in [-0.1, -0.05) is 33.1 Å². The number of nitrogens with two attached hydrogens (primary N) is 1. The minimum absolute atomic E-state index is 0.335. The summed E-state index contributed by atoms with van der Waals surface area (Å²) in [5.41, 5.74) is 5.19. The van der Waals surface area contributed by atoms with Gasteiger partial charge in [0.25, 0.3) is 0 Å². The van der Waals surface area contributed by atoms with E-state index in [0.29, 0.717) is 0 Å². The van der Waals surface area contributed by atoms with Crippen LogP contribution in [0.2, 0.25) is 0 Å². The van der Waals surface area contributed by atoms with E-state index in [1.165, 1.54) is 12.8 Å². The van der Waals surface area contributed by atoms with Crippen LogP contribution in [0.25, 0.3) is 0 Å². The molecule has 0 saturated heterocycles. The molecular formula is C10H21N2O. The molecule has 0 rings (SSSR count). The lowest BCUT2D eigenvalue weighted by atomic mass is 10.2. The van der Waals surface area contributed by atoms with Crippen LogP contribution in [0.1, 0.15) is 46.0 Å². The molecule has 0 aliphatic rings. The molecule has 3 heteroatoms. The van der Waals surface area contributed by atoms with Crippen molar-refractivity contribution in [3.8, 4) is 0 Å². The van der Waals surface area contributed by atoms with Crippen molar-refractivity contribution in [1.29, 1.82) is 0 Å². The van der Waals surface area contributed by atoms with E-state index in [9.17, 15) is 4.79 Å². The first-order valence-electron chi connectivity index (χ1n) is 5.11. The zero-order chi connectivity index (χ0) is 10.1. The van der Waals surface area contributed by atoms with Gasteiger partial charge in [-0.3, -0.25) is 0 Å². The van der Waals surface area contributed by atoms with Gasteiger partial charge in [0, 0.05) is 6.54 Å². The molecular weight excluding hydrogens is 164 g/mol. The molecule has 0 fully saturated rings. The zero-order valence-electron chi connectivity index (χ0n) is 8.75. The monoisotopic (exact) mass is 185 g/mol. The van der Waals surface area contributed by atoms with Gasteiger partial charge in [-0.2, -0.15) is 0 Å². The average Bonchev–Trinajstić information content (AvgIpc) is 2.10. The second kappa shape index (κ2) is 7.90. The number of carbonyl (C=O) groups is 1. The predicted octanol–water partition coefficient (Wildman–Crippen LogP) is 2.52. The van der Waals surface area contributed by atoms with Gasteiger partial charge in [-0.15, -0.1) is 0 Å². The van der Waals surface area contributed by atoms with Crippen molar-refractivity contribution in [2.45, 2.75) is 46.0 Å². The van der Waals surface area contributed by atoms with Crippen LogP contribution in [-0.4, -0.2) is 17.5 Å². The molecule has 3 nitrogen and oxygen atoms in total. The SMILES string of the molecule is CCCCC[CH]N(CCC)C(N)=O. The number of nitrogens with zero attached hydrogens (tertiary/aromatic N) is 1. The van der Waals surface area contributed by atoms with Crippen molar-refractivity contribution in [2.24, 2.45) is 5.73 Å². The molecule has 0 aromatic carbocycles. The van der Waals surface area contributed by atoms with Gasteiger partial charge in [0.1, 0.15) is 0 Å². The van der Waals surface area contributed by atoms with Crippen LogP contribution in [0.3, 0.4) is 0 Å². The number of hydrogen-bond acceptors (Lipinski definition) is 1. The van der Waals surface area contributed by atoms with Crippen LogP contribution in [0, 0.1) is 6.54 Å². The highest BCUT2D eigenvalue weighted by Crippen LogP contribution is 2.05. The van der Waals surface area contributed by atoms with E-state index in [0.717, 1.165) is 25.8 Å². The molecule has 77 valence electrons. The Balaban J connectivity index is 3.51. The maximum atomic E-state index is 10.9. The number of carbonyl (C=O) groups excluding carboxylic acids is 1. The molecule has 0 aliphatic carbocycles. The molecule has 2 N–H and O–H groups in total. The Labute approximate surface area is 81.3 Å². The van der Waals surface area contributed by atoms with E-state index < -0.39 is 0 Å². The Kier molecular flexibility index (Phi) is 7.45. The summed E-state index contributed by atoms with van der Waals surface area (Å²) in [6, 6.07) is -0.335. The zero-order valence-corrected chi connectivity index (χ0v) is 8.75. The minimum Gasteiger partial charge on any atom is -0.351 e. The van der Waals surface area contributed by atoms with Gasteiger partial charge < -0.3 is 10.6 Å². The van der Waals surface area contributed by atoms with Gasteiger partial charge in [0.2, 0.25) is 0 Å². The first-order chi connectivity index (χ1) is 6.22. The maximum absolute atomic E-state index is 10.9. The van der Waals surface area contributed by atoms with Crippen molar-refractivity contribution in [3.05, 3.63) is 6.54 Å². The predicted molar refractivity (Wildman–Crippen MR) is 55.0 cm³/mol. The molecule has 0 heterocycles. The van der Waals surface area contributed by atoms with Gasteiger partial charge >= 0.3 is 6.03 Å². The summed E-state index contributed by atoms with van der Waals surface area (Å²) in [5.74, 6) is 0. The van der Waals surface area contributed by atoms with Crippen molar-refractivity contribution < 1.29 is 4.79 Å². The number of hydrogen-bond donors (Lipinski definition) is 1. The molecule has 0 spiro atoms. The summed E-state index contributed by atoms with van der Waals surface area (Å²) in [4.78, 5) is 12.5. The average molecular weight is 185 g/mol. The first-order valence-corrected chi connectivity index (χ1v) is 5.11. The molecule has 0 aromatic heterocycles. The Morgan fingerprint density at radius 1 is 1.31 bits per heavy atom. The van der Waals surface area contributed by atoms with E-state index in [2.05, 4.69) is 6.92 Å². The molecule has 13 heavy (non-hydrogen) atoms. The topological polar surface area (TPSA) is 46.3 Å². The summed E-state index contributed by atoms with van der Waals surface area (Å²) in [6.07, 6.45) is 5.47. The second-order valence-corrected chi connectivity index (χ2v) is 3.21. The molecule has 0 atom stereocenters. The second-order valence-electron chi connectivity index (χ2n) is 3.21. The number of primary amides is 1. The number of unbranched alkanes of at least 4 members (excludes halogenated alkanes) is 3. The van der Waals surface area contributed by atoms with Crippen LogP contribution in [-0.2, 0) is 0 Å². The van der Waals surface area contributed by atoms with Crippen LogP contribution in [0.15, 0.2) is 0 Å². The van der Waals surface area contributed by atoms with E-state index in [1.807, 2.05) is 13.5 Å². The highest BCUT2D eigenvalue weighted by molar-refractivity contribution is 5.72. The van der Waals surface area contributed by atoms with Gasteiger partial charge in [0.15, 0.2) is 0 Å². The van der Waals surface area contributed by atoms with E-state index >= 15 is 0 Å². The Morgan fingerprint density at radius 3 is 2.46 bits per heavy atom. The lowest BCUT2D eigenvalue weighted by Crippen LogP contribution is -2.34. The molecule has 2 amide bonds. The minimum atomic E-state index is -0.335. The largest absolute Gasteiger partial charge is 0.351 e. The third-order valence-corrected chi connectivity index (χ3v) is 1.90. The highest BCUT2D eigenvalue weighted by Gasteiger charge is 2.07. The smallest absolute Gasteiger partial charge is 0.315 e. The summed E-state index contributed by atoms with van der Waals surface area (Å²) in [5, 5.41) is 0. The van der Waals surface area contributed by atoms with Gasteiger partial charge in [-0.05, 0) is 12.8 Å². The third-order valence-electron chi connectivity index (χ3n) is 1.90. The van der Waals surface area contributed by atoms with Crippen molar-refractivity contribution in [1.82, 2.24) is 4.90 Å². The maximum Gasteiger partial charge on any atom is 0.315 e. The van der Waals surface area contributed by atoms with E-state index in [-0.39, 0.29) is 6.03 Å². The van der Waals surface area contributed by atoms with Crippen LogP contribution in [0.4, 0.5) is 4.79 Å². The summed E-state index contributed by atoms with van der Waals surface area (Å²) in [6.45, 7) is 6.86. The summed E-state index contributed by atoms with van der Waals surface area (Å²) >= 11 is 0. The number of urea groups is 1. The molecule has 1 radical (unpaired) electrons. The van der Waals surface area contributed by atoms with E-state index in [4.69, 9.17) is 5.73 Å². The van der Waals surface area contributed by atoms with Gasteiger partial charge in [-0.25, -0.2) is 4.79 Å².